The fraction of sp³-hybridized carbons (Fsp3) is 0.235. The lowest BCUT2D eigenvalue weighted by Crippen LogP contribution is -2.25. The molecule has 0 aliphatic carbocycles. The van der Waals surface area contributed by atoms with Crippen molar-refractivity contribution in [1.29, 1.82) is 5.26 Å². The lowest BCUT2D eigenvalue weighted by Gasteiger charge is -2.25. The smallest absolute Gasteiger partial charge is 0.101 e. The fourth-order valence-electron chi connectivity index (χ4n) is 2.18. The van der Waals surface area contributed by atoms with Crippen LogP contribution in [0.5, 0.6) is 0 Å². The molecule has 0 aliphatic heterocycles. The van der Waals surface area contributed by atoms with E-state index >= 15 is 0 Å². The third-order valence-corrected chi connectivity index (χ3v) is 3.60. The molecule has 0 aromatic heterocycles. The molecule has 108 valence electrons. The Hall–Kier alpha value is -2.02. The zero-order valence-corrected chi connectivity index (χ0v) is 12.6. The molecule has 3 nitrogen and oxygen atoms in total. The molecule has 21 heavy (non-hydrogen) atoms. The van der Waals surface area contributed by atoms with Crippen molar-refractivity contribution in [2.24, 2.45) is 5.73 Å². The monoisotopic (exact) mass is 299 g/mol. The molecular formula is C17H18ClN3. The van der Waals surface area contributed by atoms with Crippen LogP contribution >= 0.6 is 11.6 Å². The first-order valence-electron chi connectivity index (χ1n) is 6.93. The average Bonchev–Trinajstić information content (AvgIpc) is 2.52. The molecular weight excluding hydrogens is 282 g/mol. The average molecular weight is 300 g/mol. The van der Waals surface area contributed by atoms with Crippen molar-refractivity contribution >= 4 is 17.3 Å². The van der Waals surface area contributed by atoms with Crippen molar-refractivity contribution in [3.05, 3.63) is 64.7 Å². The second-order valence-corrected chi connectivity index (χ2v) is 5.23. The number of benzene rings is 2. The first-order valence-corrected chi connectivity index (χ1v) is 7.31. The molecule has 0 heterocycles. The summed E-state index contributed by atoms with van der Waals surface area (Å²) in [6.07, 6.45) is 0.907. The number of nitrogens with two attached hydrogens (primary N) is 1. The Morgan fingerprint density at radius 1 is 1.14 bits per heavy atom. The van der Waals surface area contributed by atoms with Gasteiger partial charge in [-0.2, -0.15) is 5.26 Å². The van der Waals surface area contributed by atoms with Crippen LogP contribution in [0.1, 0.15) is 17.5 Å². The summed E-state index contributed by atoms with van der Waals surface area (Å²) in [5.74, 6) is 0. The third-order valence-electron chi connectivity index (χ3n) is 3.29. The van der Waals surface area contributed by atoms with Gasteiger partial charge in [-0.1, -0.05) is 41.9 Å². The molecule has 0 atom stereocenters. The van der Waals surface area contributed by atoms with E-state index in [1.807, 2.05) is 30.3 Å². The van der Waals surface area contributed by atoms with Gasteiger partial charge in [0, 0.05) is 18.8 Å². The minimum Gasteiger partial charge on any atom is -0.367 e. The van der Waals surface area contributed by atoms with Crippen LogP contribution in [0, 0.1) is 11.3 Å². The van der Waals surface area contributed by atoms with Gasteiger partial charge >= 0.3 is 0 Å². The molecule has 0 unspecified atom stereocenters. The molecule has 0 bridgehead atoms. The van der Waals surface area contributed by atoms with Crippen molar-refractivity contribution < 1.29 is 0 Å². The van der Waals surface area contributed by atoms with E-state index in [9.17, 15) is 0 Å². The number of nitriles is 1. The van der Waals surface area contributed by atoms with E-state index in [0.29, 0.717) is 17.1 Å². The van der Waals surface area contributed by atoms with Gasteiger partial charge in [-0.05, 0) is 36.7 Å². The molecule has 0 radical (unpaired) electrons. The van der Waals surface area contributed by atoms with Gasteiger partial charge in [0.05, 0.1) is 10.6 Å². The zero-order valence-electron chi connectivity index (χ0n) is 11.8. The fourth-order valence-corrected chi connectivity index (χ4v) is 2.39. The van der Waals surface area contributed by atoms with Crippen LogP contribution in [0.15, 0.2) is 48.5 Å². The van der Waals surface area contributed by atoms with Crippen LogP contribution in [-0.2, 0) is 6.54 Å². The van der Waals surface area contributed by atoms with Crippen LogP contribution in [0.25, 0.3) is 0 Å². The largest absolute Gasteiger partial charge is 0.367 e. The Labute approximate surface area is 130 Å². The molecule has 0 spiro atoms. The predicted molar refractivity (Wildman–Crippen MR) is 87.3 cm³/mol. The highest BCUT2D eigenvalue weighted by atomic mass is 35.5. The first kappa shape index (κ1) is 15.4. The standard InChI is InChI=1S/C17H18ClN3/c18-17-11-16(8-7-15(17)12-20)21(10-4-9-19)13-14-5-2-1-3-6-14/h1-3,5-8,11H,4,9-10,13,19H2. The van der Waals surface area contributed by atoms with Crippen LogP contribution in [0.4, 0.5) is 5.69 Å². The number of nitrogens with zero attached hydrogens (tertiary/aromatic N) is 2. The first-order chi connectivity index (χ1) is 10.2. The number of halogens is 1. The summed E-state index contributed by atoms with van der Waals surface area (Å²) in [4.78, 5) is 2.23. The minimum atomic E-state index is 0.487. The van der Waals surface area contributed by atoms with Gasteiger partial charge in [0.2, 0.25) is 0 Å². The van der Waals surface area contributed by atoms with Gasteiger partial charge in [-0.15, -0.1) is 0 Å². The number of rotatable bonds is 6. The minimum absolute atomic E-state index is 0.487. The maximum atomic E-state index is 8.96. The summed E-state index contributed by atoms with van der Waals surface area (Å²) < 4.78 is 0. The molecule has 0 aliphatic rings. The van der Waals surface area contributed by atoms with E-state index in [0.717, 1.165) is 25.2 Å². The van der Waals surface area contributed by atoms with Crippen LogP contribution < -0.4 is 10.6 Å². The van der Waals surface area contributed by atoms with Crippen molar-refractivity contribution in [1.82, 2.24) is 0 Å². The molecule has 2 N–H and O–H groups in total. The zero-order chi connectivity index (χ0) is 15.1. The van der Waals surface area contributed by atoms with Crippen LogP contribution in [0.2, 0.25) is 5.02 Å². The van der Waals surface area contributed by atoms with E-state index in [1.54, 1.807) is 6.07 Å². The summed E-state index contributed by atoms with van der Waals surface area (Å²) in [7, 11) is 0. The summed E-state index contributed by atoms with van der Waals surface area (Å²) >= 11 is 6.14. The normalized spacial score (nSPS) is 10.1. The van der Waals surface area contributed by atoms with E-state index in [2.05, 4.69) is 23.1 Å². The summed E-state index contributed by atoms with van der Waals surface area (Å²) in [5, 5.41) is 9.45. The Morgan fingerprint density at radius 2 is 1.90 bits per heavy atom. The van der Waals surface area contributed by atoms with Gasteiger partial charge in [-0.3, -0.25) is 0 Å². The second-order valence-electron chi connectivity index (χ2n) is 4.83. The van der Waals surface area contributed by atoms with Gasteiger partial charge in [0.1, 0.15) is 6.07 Å². The number of hydrogen-bond donors (Lipinski definition) is 1. The lowest BCUT2D eigenvalue weighted by molar-refractivity contribution is 0.736. The molecule has 0 amide bonds. The predicted octanol–water partition coefficient (Wildman–Crippen LogP) is 3.57. The molecule has 0 fully saturated rings. The Balaban J connectivity index is 2.23. The Bertz CT molecular complexity index is 620. The van der Waals surface area contributed by atoms with Crippen molar-refractivity contribution in [3.63, 3.8) is 0 Å². The number of anilines is 1. The van der Waals surface area contributed by atoms with Crippen molar-refractivity contribution in [2.75, 3.05) is 18.0 Å². The van der Waals surface area contributed by atoms with Crippen LogP contribution in [-0.4, -0.2) is 13.1 Å². The maximum absolute atomic E-state index is 8.96. The lowest BCUT2D eigenvalue weighted by atomic mass is 10.1. The quantitative estimate of drug-likeness (QED) is 0.887. The van der Waals surface area contributed by atoms with Crippen molar-refractivity contribution in [3.8, 4) is 6.07 Å². The van der Waals surface area contributed by atoms with E-state index in [4.69, 9.17) is 22.6 Å². The Kier molecular flexibility index (Phi) is 5.62. The van der Waals surface area contributed by atoms with E-state index < -0.39 is 0 Å². The topological polar surface area (TPSA) is 53.0 Å². The van der Waals surface area contributed by atoms with Gasteiger partial charge < -0.3 is 10.6 Å². The Morgan fingerprint density at radius 3 is 2.52 bits per heavy atom. The maximum Gasteiger partial charge on any atom is 0.101 e. The van der Waals surface area contributed by atoms with Gasteiger partial charge in [-0.25, -0.2) is 0 Å². The third kappa shape index (κ3) is 4.22. The SMILES string of the molecule is N#Cc1ccc(N(CCCN)Cc2ccccc2)cc1Cl. The second kappa shape index (κ2) is 7.68. The summed E-state index contributed by atoms with van der Waals surface area (Å²) in [6.45, 7) is 2.30. The van der Waals surface area contributed by atoms with Gasteiger partial charge in [0.15, 0.2) is 0 Å². The number of hydrogen-bond acceptors (Lipinski definition) is 3. The van der Waals surface area contributed by atoms with E-state index in [1.165, 1.54) is 5.56 Å². The molecule has 2 aromatic carbocycles. The summed E-state index contributed by atoms with van der Waals surface area (Å²) in [6, 6.07) is 17.9. The highest BCUT2D eigenvalue weighted by molar-refractivity contribution is 6.32. The molecule has 0 saturated heterocycles. The molecule has 2 rings (SSSR count). The molecule has 2 aromatic rings. The highest BCUT2D eigenvalue weighted by Crippen LogP contribution is 2.24. The van der Waals surface area contributed by atoms with Gasteiger partial charge in [0.25, 0.3) is 0 Å². The van der Waals surface area contributed by atoms with Crippen molar-refractivity contribution in [2.45, 2.75) is 13.0 Å². The van der Waals surface area contributed by atoms with E-state index in [-0.39, 0.29) is 0 Å². The summed E-state index contributed by atoms with van der Waals surface area (Å²) in [5.41, 5.74) is 8.37. The highest BCUT2D eigenvalue weighted by Gasteiger charge is 2.09. The molecule has 0 saturated carbocycles. The van der Waals surface area contributed by atoms with Crippen LogP contribution in [0.3, 0.4) is 0 Å². The molecule has 4 heteroatoms.